The molecule has 130 valence electrons. The molecule has 1 fully saturated rings. The fourth-order valence-electron chi connectivity index (χ4n) is 2.01. The summed E-state index contributed by atoms with van der Waals surface area (Å²) in [7, 11) is -3.35. The highest BCUT2D eigenvalue weighted by Crippen LogP contribution is 2.32. The number of carbonyl (C=O) groups is 2. The van der Waals surface area contributed by atoms with Crippen molar-refractivity contribution in [3.63, 3.8) is 0 Å². The molecule has 0 spiro atoms. The summed E-state index contributed by atoms with van der Waals surface area (Å²) in [6.07, 6.45) is 2.65. The zero-order valence-electron chi connectivity index (χ0n) is 13.3. The van der Waals surface area contributed by atoms with Gasteiger partial charge in [0.05, 0.1) is 17.8 Å². The number of rotatable bonds is 7. The third-order valence-electron chi connectivity index (χ3n) is 3.06. The number of nitrogens with one attached hydrogen (secondary N) is 1. The number of carbonyl (C=O) groups excluding carboxylic acids is 2. The van der Waals surface area contributed by atoms with Crippen molar-refractivity contribution in [2.45, 2.75) is 6.92 Å². The number of hydrogen-bond acceptors (Lipinski definition) is 6. The second-order valence-electron chi connectivity index (χ2n) is 5.00. The monoisotopic (exact) mass is 370 g/mol. The Bertz CT molecular complexity index is 757. The fraction of sp³-hybridized carbons (Fsp3) is 0.333. The minimum Gasteiger partial charge on any atom is -0.494 e. The second-order valence-corrected chi connectivity index (χ2v) is 7.83. The van der Waals surface area contributed by atoms with Crippen LogP contribution in [0.3, 0.4) is 0 Å². The van der Waals surface area contributed by atoms with Crippen LogP contribution in [0.5, 0.6) is 5.75 Å². The minimum atomic E-state index is -3.35. The quantitative estimate of drug-likeness (QED) is 0.734. The van der Waals surface area contributed by atoms with Crippen LogP contribution in [0.2, 0.25) is 0 Å². The maximum Gasteiger partial charge on any atom is 0.293 e. The lowest BCUT2D eigenvalue weighted by molar-refractivity contribution is -0.122. The summed E-state index contributed by atoms with van der Waals surface area (Å²) >= 11 is 0.839. The number of hydrogen-bond donors (Lipinski definition) is 1. The van der Waals surface area contributed by atoms with E-state index in [1.165, 1.54) is 0 Å². The molecule has 2 amide bonds. The van der Waals surface area contributed by atoms with Gasteiger partial charge in [-0.2, -0.15) is 0 Å². The van der Waals surface area contributed by atoms with E-state index in [0.29, 0.717) is 11.5 Å². The molecule has 1 aliphatic rings. The Morgan fingerprint density at radius 2 is 1.92 bits per heavy atom. The molecule has 1 aromatic rings. The Hall–Kier alpha value is -1.84. The molecule has 0 bridgehead atoms. The normalized spacial score (nSPS) is 16.9. The predicted molar refractivity (Wildman–Crippen MR) is 93.1 cm³/mol. The number of thioether (sulfide) groups is 1. The lowest BCUT2D eigenvalue weighted by Gasteiger charge is -2.12. The first-order chi connectivity index (χ1) is 11.3. The lowest BCUT2D eigenvalue weighted by atomic mass is 10.2. The molecule has 9 heteroatoms. The Balaban J connectivity index is 2.04. The molecule has 24 heavy (non-hydrogen) atoms. The van der Waals surface area contributed by atoms with E-state index < -0.39 is 21.2 Å². The summed E-state index contributed by atoms with van der Waals surface area (Å²) < 4.78 is 29.6. The Morgan fingerprint density at radius 1 is 1.25 bits per heavy atom. The number of nitrogens with zero attached hydrogens (tertiary/aromatic N) is 1. The summed E-state index contributed by atoms with van der Waals surface area (Å²) in [5.74, 6) is 0.309. The predicted octanol–water partition coefficient (Wildman–Crippen LogP) is 1.67. The van der Waals surface area contributed by atoms with Crippen molar-refractivity contribution in [3.05, 3.63) is 34.7 Å². The molecule has 2 rings (SSSR count). The lowest BCUT2D eigenvalue weighted by Crippen LogP contribution is -2.36. The Morgan fingerprint density at radius 3 is 2.50 bits per heavy atom. The van der Waals surface area contributed by atoms with Crippen LogP contribution in [0.25, 0.3) is 6.08 Å². The molecule has 0 unspecified atom stereocenters. The maximum absolute atomic E-state index is 12.3. The Labute approximate surface area is 145 Å². The van der Waals surface area contributed by atoms with Crippen LogP contribution >= 0.6 is 11.8 Å². The van der Waals surface area contributed by atoms with Gasteiger partial charge >= 0.3 is 0 Å². The van der Waals surface area contributed by atoms with Crippen LogP contribution in [-0.4, -0.2) is 50.4 Å². The second kappa shape index (κ2) is 7.82. The molecule has 0 aliphatic carbocycles. The van der Waals surface area contributed by atoms with Gasteiger partial charge in [-0.25, -0.2) is 13.1 Å². The molecule has 0 aromatic heterocycles. The van der Waals surface area contributed by atoms with Crippen LogP contribution in [0.4, 0.5) is 4.79 Å². The molecule has 1 aliphatic heterocycles. The smallest absolute Gasteiger partial charge is 0.293 e. The molecule has 1 heterocycles. The average Bonchev–Trinajstić information content (AvgIpc) is 2.76. The van der Waals surface area contributed by atoms with Crippen molar-refractivity contribution >= 4 is 39.0 Å². The molecule has 7 nitrogen and oxygen atoms in total. The van der Waals surface area contributed by atoms with E-state index in [2.05, 4.69) is 4.72 Å². The molecule has 0 atom stereocenters. The number of amides is 2. The number of imide groups is 1. The number of sulfonamides is 1. The summed E-state index contributed by atoms with van der Waals surface area (Å²) in [6.45, 7) is 2.45. The topological polar surface area (TPSA) is 92.8 Å². The summed E-state index contributed by atoms with van der Waals surface area (Å²) in [5.41, 5.74) is 0.776. The fourth-order valence-corrected chi connectivity index (χ4v) is 3.34. The van der Waals surface area contributed by atoms with Gasteiger partial charge in [-0.3, -0.25) is 14.5 Å². The van der Waals surface area contributed by atoms with Crippen molar-refractivity contribution < 1.29 is 22.7 Å². The largest absolute Gasteiger partial charge is 0.494 e. The van der Waals surface area contributed by atoms with E-state index in [-0.39, 0.29) is 13.1 Å². The van der Waals surface area contributed by atoms with Gasteiger partial charge in [-0.05, 0) is 42.5 Å². The van der Waals surface area contributed by atoms with Gasteiger partial charge in [0.2, 0.25) is 10.0 Å². The minimum absolute atomic E-state index is 0.00163. The first-order valence-corrected chi connectivity index (χ1v) is 9.94. The highest BCUT2D eigenvalue weighted by molar-refractivity contribution is 8.18. The molecule has 0 saturated carbocycles. The zero-order valence-corrected chi connectivity index (χ0v) is 14.9. The van der Waals surface area contributed by atoms with Crippen LogP contribution in [0.15, 0.2) is 29.2 Å². The molecular weight excluding hydrogens is 352 g/mol. The van der Waals surface area contributed by atoms with Gasteiger partial charge in [-0.15, -0.1) is 0 Å². The van der Waals surface area contributed by atoms with Crippen molar-refractivity contribution in [1.29, 1.82) is 0 Å². The van der Waals surface area contributed by atoms with Crippen molar-refractivity contribution in [2.75, 3.05) is 26.0 Å². The van der Waals surface area contributed by atoms with Gasteiger partial charge in [0.1, 0.15) is 5.75 Å². The van der Waals surface area contributed by atoms with E-state index in [0.717, 1.165) is 34.2 Å². The first-order valence-electron chi connectivity index (χ1n) is 7.23. The van der Waals surface area contributed by atoms with E-state index >= 15 is 0 Å². The highest BCUT2D eigenvalue weighted by atomic mass is 32.2. The van der Waals surface area contributed by atoms with E-state index in [9.17, 15) is 18.0 Å². The van der Waals surface area contributed by atoms with Crippen molar-refractivity contribution in [3.8, 4) is 5.75 Å². The maximum atomic E-state index is 12.3. The summed E-state index contributed by atoms with van der Waals surface area (Å²) in [4.78, 5) is 25.5. The van der Waals surface area contributed by atoms with E-state index in [4.69, 9.17) is 4.74 Å². The van der Waals surface area contributed by atoms with Crippen LogP contribution in [-0.2, 0) is 14.8 Å². The molecule has 0 radical (unpaired) electrons. The van der Waals surface area contributed by atoms with E-state index in [1.54, 1.807) is 30.3 Å². The molecule has 1 N–H and O–H groups in total. The van der Waals surface area contributed by atoms with Gasteiger partial charge in [0.15, 0.2) is 0 Å². The SMILES string of the molecule is CCOc1ccc(/C=C2/SC(=O)N(CCNS(C)(=O)=O)C2=O)cc1. The molecule has 1 saturated heterocycles. The standard InChI is InChI=1S/C15H18N2O5S2/c1-3-22-12-6-4-11(5-7-12)10-13-14(18)17(15(19)23-13)9-8-16-24(2,20)21/h4-7,10,16H,3,8-9H2,1-2H3/b13-10+. The summed E-state index contributed by atoms with van der Waals surface area (Å²) in [6, 6.07) is 7.17. The zero-order chi connectivity index (χ0) is 17.7. The molecule has 1 aromatic carbocycles. The van der Waals surface area contributed by atoms with Crippen molar-refractivity contribution in [1.82, 2.24) is 9.62 Å². The van der Waals surface area contributed by atoms with Crippen molar-refractivity contribution in [2.24, 2.45) is 0 Å². The highest BCUT2D eigenvalue weighted by Gasteiger charge is 2.34. The third-order valence-corrected chi connectivity index (χ3v) is 4.70. The van der Waals surface area contributed by atoms with Gasteiger partial charge < -0.3 is 4.74 Å². The van der Waals surface area contributed by atoms with Crippen LogP contribution in [0, 0.1) is 0 Å². The average molecular weight is 370 g/mol. The first kappa shape index (κ1) is 18.5. The third kappa shape index (κ3) is 5.08. The summed E-state index contributed by atoms with van der Waals surface area (Å²) in [5, 5.41) is -0.410. The molecular formula is C15H18N2O5S2. The van der Waals surface area contributed by atoms with Gasteiger partial charge in [0, 0.05) is 13.1 Å². The van der Waals surface area contributed by atoms with Gasteiger partial charge in [-0.1, -0.05) is 12.1 Å². The number of benzene rings is 1. The van der Waals surface area contributed by atoms with E-state index in [1.807, 2.05) is 6.92 Å². The van der Waals surface area contributed by atoms with Crippen LogP contribution in [0.1, 0.15) is 12.5 Å². The Kier molecular flexibility index (Phi) is 6.03. The van der Waals surface area contributed by atoms with Gasteiger partial charge in [0.25, 0.3) is 11.1 Å². The van der Waals surface area contributed by atoms with Crippen LogP contribution < -0.4 is 9.46 Å². The number of ether oxygens (including phenoxy) is 1.